The van der Waals surface area contributed by atoms with Crippen LogP contribution in [0.15, 0.2) is 60.0 Å². The lowest BCUT2D eigenvalue weighted by atomic mass is 10.1. The maximum atomic E-state index is 12.5. The van der Waals surface area contributed by atoms with Crippen LogP contribution in [0.5, 0.6) is 5.75 Å². The number of hydrogen-bond acceptors (Lipinski definition) is 5. The van der Waals surface area contributed by atoms with Crippen LogP contribution >= 0.6 is 22.7 Å². The third kappa shape index (κ3) is 2.76. The molecule has 28 heavy (non-hydrogen) atoms. The number of anilines is 1. The smallest absolute Gasteiger partial charge is 0.265 e. The fraction of sp³-hybridized carbons (Fsp3) is 0.0476. The van der Waals surface area contributed by atoms with E-state index in [0.717, 1.165) is 21.5 Å². The van der Waals surface area contributed by atoms with Gasteiger partial charge >= 0.3 is 0 Å². The van der Waals surface area contributed by atoms with Gasteiger partial charge in [0.05, 0.1) is 33.5 Å². The Morgan fingerprint density at radius 2 is 2.04 bits per heavy atom. The number of hydrogen-bond donors (Lipinski definition) is 2. The average molecular weight is 406 g/mol. The van der Waals surface area contributed by atoms with Gasteiger partial charge in [0.2, 0.25) is 0 Å². The molecule has 5 aromatic rings. The van der Waals surface area contributed by atoms with Crippen molar-refractivity contribution in [3.63, 3.8) is 0 Å². The number of aromatic amines is 1. The van der Waals surface area contributed by atoms with E-state index in [4.69, 9.17) is 4.74 Å². The van der Waals surface area contributed by atoms with Crippen LogP contribution < -0.4 is 10.1 Å². The Morgan fingerprint density at radius 3 is 2.82 bits per heavy atom. The summed E-state index contributed by atoms with van der Waals surface area (Å²) in [5, 5.41) is 14.5. The van der Waals surface area contributed by atoms with Gasteiger partial charge in [-0.25, -0.2) is 0 Å². The minimum Gasteiger partial charge on any atom is -0.494 e. The molecule has 0 saturated heterocycles. The molecule has 2 N–H and O–H groups in total. The fourth-order valence-electron chi connectivity index (χ4n) is 3.26. The molecule has 0 saturated carbocycles. The molecule has 1 amide bonds. The van der Waals surface area contributed by atoms with Crippen molar-refractivity contribution in [1.82, 2.24) is 10.2 Å². The second-order valence-corrected chi connectivity index (χ2v) is 8.25. The molecule has 138 valence electrons. The lowest BCUT2D eigenvalue weighted by molar-refractivity contribution is 0.103. The number of rotatable bonds is 4. The van der Waals surface area contributed by atoms with Crippen LogP contribution in [-0.2, 0) is 0 Å². The number of H-pyrrole nitrogens is 1. The molecule has 0 aliphatic rings. The van der Waals surface area contributed by atoms with Gasteiger partial charge in [-0.05, 0) is 41.1 Å². The highest BCUT2D eigenvalue weighted by Crippen LogP contribution is 2.42. The van der Waals surface area contributed by atoms with Crippen molar-refractivity contribution in [1.29, 1.82) is 0 Å². The Bertz CT molecular complexity index is 1270. The van der Waals surface area contributed by atoms with E-state index < -0.39 is 0 Å². The predicted molar refractivity (Wildman–Crippen MR) is 116 cm³/mol. The molecule has 0 spiro atoms. The SMILES string of the molecule is COc1c(NC(=O)c2cccs2)ccc2[nH]nc(-c3cc4ccccc4s3)c12. The second-order valence-electron chi connectivity index (χ2n) is 6.22. The summed E-state index contributed by atoms with van der Waals surface area (Å²) in [6.45, 7) is 0. The fourth-order valence-corrected chi connectivity index (χ4v) is 4.94. The number of nitrogens with zero attached hydrogens (tertiary/aromatic N) is 1. The second kappa shape index (κ2) is 6.78. The molecule has 0 unspecified atom stereocenters. The summed E-state index contributed by atoms with van der Waals surface area (Å²) in [5.41, 5.74) is 2.30. The summed E-state index contributed by atoms with van der Waals surface area (Å²) in [4.78, 5) is 14.2. The van der Waals surface area contributed by atoms with Crippen molar-refractivity contribution in [2.75, 3.05) is 12.4 Å². The highest BCUT2D eigenvalue weighted by atomic mass is 32.1. The lowest BCUT2D eigenvalue weighted by Gasteiger charge is -2.11. The number of ether oxygens (including phenoxy) is 1. The number of thiophene rings is 2. The third-order valence-electron chi connectivity index (χ3n) is 4.54. The van der Waals surface area contributed by atoms with Gasteiger partial charge in [0.15, 0.2) is 5.75 Å². The number of nitrogens with one attached hydrogen (secondary N) is 2. The zero-order chi connectivity index (χ0) is 19.1. The summed E-state index contributed by atoms with van der Waals surface area (Å²) in [6.07, 6.45) is 0. The molecule has 0 atom stereocenters. The molecule has 7 heteroatoms. The normalized spacial score (nSPS) is 11.2. The molecule has 0 bridgehead atoms. The van der Waals surface area contributed by atoms with Crippen LogP contribution in [0.3, 0.4) is 0 Å². The van der Waals surface area contributed by atoms with E-state index in [1.807, 2.05) is 35.7 Å². The van der Waals surface area contributed by atoms with Crippen molar-refractivity contribution >= 4 is 55.3 Å². The van der Waals surface area contributed by atoms with E-state index >= 15 is 0 Å². The van der Waals surface area contributed by atoms with Crippen molar-refractivity contribution in [2.45, 2.75) is 0 Å². The maximum absolute atomic E-state index is 12.5. The first-order valence-electron chi connectivity index (χ1n) is 8.63. The van der Waals surface area contributed by atoms with Crippen molar-refractivity contribution < 1.29 is 9.53 Å². The van der Waals surface area contributed by atoms with Crippen LogP contribution in [0.1, 0.15) is 9.67 Å². The van der Waals surface area contributed by atoms with Crippen LogP contribution in [0, 0.1) is 0 Å². The van der Waals surface area contributed by atoms with Crippen LogP contribution in [0.25, 0.3) is 31.6 Å². The summed E-state index contributed by atoms with van der Waals surface area (Å²) < 4.78 is 6.91. The number of amides is 1. The number of carbonyl (C=O) groups is 1. The molecule has 0 fully saturated rings. The first kappa shape index (κ1) is 17.0. The first-order chi connectivity index (χ1) is 13.7. The zero-order valence-corrected chi connectivity index (χ0v) is 16.5. The summed E-state index contributed by atoms with van der Waals surface area (Å²) >= 11 is 3.08. The van der Waals surface area contributed by atoms with Gasteiger partial charge in [0.1, 0.15) is 5.69 Å². The predicted octanol–water partition coefficient (Wildman–Crippen LogP) is 5.77. The monoisotopic (exact) mass is 405 g/mol. The van der Waals surface area contributed by atoms with E-state index in [1.165, 1.54) is 21.4 Å². The van der Waals surface area contributed by atoms with Crippen LogP contribution in [0.4, 0.5) is 5.69 Å². The Hall–Kier alpha value is -3.16. The highest BCUT2D eigenvalue weighted by molar-refractivity contribution is 7.22. The largest absolute Gasteiger partial charge is 0.494 e. The zero-order valence-electron chi connectivity index (χ0n) is 14.9. The standard InChI is InChI=1S/C21H15N3O2S2/c1-26-20-14(22-21(25)16-7-4-10-27-16)9-8-13-18(20)19(24-23-13)17-11-12-5-2-3-6-15(12)28-17/h2-11H,1H3,(H,22,25)(H,23,24). The molecule has 3 heterocycles. The van der Waals surface area contributed by atoms with Gasteiger partial charge < -0.3 is 10.1 Å². The molecule has 3 aromatic heterocycles. The number of benzene rings is 2. The lowest BCUT2D eigenvalue weighted by Crippen LogP contribution is -2.11. The Labute approximate surface area is 168 Å². The number of carbonyl (C=O) groups excluding carboxylic acids is 1. The topological polar surface area (TPSA) is 67.0 Å². The number of methoxy groups -OCH3 is 1. The Morgan fingerprint density at radius 1 is 1.14 bits per heavy atom. The van der Waals surface area contributed by atoms with Gasteiger partial charge in [-0.3, -0.25) is 9.89 Å². The maximum Gasteiger partial charge on any atom is 0.265 e. The molecular weight excluding hydrogens is 390 g/mol. The Kier molecular flexibility index (Phi) is 4.11. The van der Waals surface area contributed by atoms with E-state index in [2.05, 4.69) is 33.7 Å². The molecule has 0 aliphatic heterocycles. The molecular formula is C21H15N3O2S2. The Balaban J connectivity index is 1.64. The number of fused-ring (bicyclic) bond motifs is 2. The summed E-state index contributed by atoms with van der Waals surface area (Å²) in [5.74, 6) is 0.447. The highest BCUT2D eigenvalue weighted by Gasteiger charge is 2.19. The summed E-state index contributed by atoms with van der Waals surface area (Å²) in [7, 11) is 1.61. The van der Waals surface area contributed by atoms with Crippen molar-refractivity contribution in [3.8, 4) is 16.3 Å². The van der Waals surface area contributed by atoms with E-state index in [9.17, 15) is 4.79 Å². The van der Waals surface area contributed by atoms with Crippen molar-refractivity contribution in [2.24, 2.45) is 0 Å². The van der Waals surface area contributed by atoms with Gasteiger partial charge in [-0.15, -0.1) is 22.7 Å². The van der Waals surface area contributed by atoms with Gasteiger partial charge in [0.25, 0.3) is 5.91 Å². The molecule has 5 nitrogen and oxygen atoms in total. The molecule has 0 radical (unpaired) electrons. The molecule has 0 aliphatic carbocycles. The van der Waals surface area contributed by atoms with E-state index in [-0.39, 0.29) is 5.91 Å². The van der Waals surface area contributed by atoms with Gasteiger partial charge in [-0.1, -0.05) is 24.3 Å². The van der Waals surface area contributed by atoms with E-state index in [1.54, 1.807) is 24.5 Å². The number of aromatic nitrogens is 2. The van der Waals surface area contributed by atoms with Crippen LogP contribution in [-0.4, -0.2) is 23.2 Å². The van der Waals surface area contributed by atoms with Gasteiger partial charge in [-0.2, -0.15) is 5.10 Å². The van der Waals surface area contributed by atoms with Crippen molar-refractivity contribution in [3.05, 3.63) is 64.9 Å². The average Bonchev–Trinajstić information content (AvgIpc) is 3.45. The minimum absolute atomic E-state index is 0.153. The molecule has 2 aromatic carbocycles. The minimum atomic E-state index is -0.153. The quantitative estimate of drug-likeness (QED) is 0.399. The van der Waals surface area contributed by atoms with Gasteiger partial charge in [0, 0.05) is 4.70 Å². The summed E-state index contributed by atoms with van der Waals surface area (Å²) in [6, 6.07) is 17.8. The van der Waals surface area contributed by atoms with Crippen LogP contribution in [0.2, 0.25) is 0 Å². The van der Waals surface area contributed by atoms with E-state index in [0.29, 0.717) is 16.3 Å². The third-order valence-corrected chi connectivity index (χ3v) is 6.53. The molecule has 5 rings (SSSR count). The first-order valence-corrected chi connectivity index (χ1v) is 10.3.